The maximum absolute atomic E-state index is 14.0. The summed E-state index contributed by atoms with van der Waals surface area (Å²) in [5, 5.41) is 0. The zero-order chi connectivity index (χ0) is 30.5. The summed E-state index contributed by atoms with van der Waals surface area (Å²) in [6.07, 6.45) is 1.68. The first-order valence-electron chi connectivity index (χ1n) is 13.9. The Bertz CT molecular complexity index is 1710. The summed E-state index contributed by atoms with van der Waals surface area (Å²) in [6, 6.07) is 7.88. The van der Waals surface area contributed by atoms with Crippen LogP contribution >= 0.6 is 11.3 Å². The molecule has 1 saturated heterocycles. The van der Waals surface area contributed by atoms with E-state index in [9.17, 15) is 14.4 Å². The Morgan fingerprint density at radius 2 is 1.88 bits per heavy atom. The molecule has 4 heterocycles. The lowest BCUT2D eigenvalue weighted by Crippen LogP contribution is -2.40. The van der Waals surface area contributed by atoms with Gasteiger partial charge in [-0.25, -0.2) is 14.6 Å². The van der Waals surface area contributed by atoms with Gasteiger partial charge in [-0.05, 0) is 44.5 Å². The summed E-state index contributed by atoms with van der Waals surface area (Å²) in [5.74, 6) is 0.767. The predicted molar refractivity (Wildman–Crippen MR) is 157 cm³/mol. The number of esters is 2. The second-order valence-electron chi connectivity index (χ2n) is 9.58. The van der Waals surface area contributed by atoms with Gasteiger partial charge in [0.1, 0.15) is 5.76 Å². The molecule has 0 aliphatic carbocycles. The van der Waals surface area contributed by atoms with Crippen molar-refractivity contribution in [2.24, 2.45) is 4.99 Å². The number of hydrogen-bond donors (Lipinski definition) is 0. The van der Waals surface area contributed by atoms with E-state index < -0.39 is 18.0 Å². The number of rotatable bonds is 10. The van der Waals surface area contributed by atoms with Gasteiger partial charge in [0.25, 0.3) is 5.56 Å². The average Bonchev–Trinajstić information content (AvgIpc) is 3.60. The minimum Gasteiger partial charge on any atom is -0.490 e. The van der Waals surface area contributed by atoms with E-state index in [4.69, 9.17) is 23.4 Å². The fourth-order valence-electron chi connectivity index (χ4n) is 4.89. The number of thiazole rings is 1. The van der Waals surface area contributed by atoms with Gasteiger partial charge in [-0.2, -0.15) is 0 Å². The van der Waals surface area contributed by atoms with Gasteiger partial charge in [0.15, 0.2) is 28.8 Å². The summed E-state index contributed by atoms with van der Waals surface area (Å²) in [4.78, 5) is 46.0. The van der Waals surface area contributed by atoms with Crippen LogP contribution in [0.3, 0.4) is 0 Å². The van der Waals surface area contributed by atoms with Crippen molar-refractivity contribution in [3.63, 3.8) is 0 Å². The Balaban J connectivity index is 1.59. The number of allylic oxidation sites excluding steroid dienone is 1. The first kappa shape index (κ1) is 30.1. The van der Waals surface area contributed by atoms with Gasteiger partial charge < -0.3 is 33.0 Å². The molecule has 0 spiro atoms. The number of anilines is 1. The van der Waals surface area contributed by atoms with E-state index in [2.05, 4.69) is 14.6 Å². The van der Waals surface area contributed by atoms with Crippen LogP contribution in [0.2, 0.25) is 0 Å². The standard InChI is InChI=1S/C30H33N3O9S/c1-5-39-22-15-19(7-9-21(22)41-17-25(34)37-4)27-26(29(36)40-6-2)18(3)31-30-33(27)28(35)23(43-30)16-20-8-10-24(42-20)32-11-13-38-14-12-32/h7-10,15-16,27H,5-6,11-14,17H2,1-4H3/b23-16-/t27-/m1/s1. The molecular weight excluding hydrogens is 578 g/mol. The number of furan rings is 1. The van der Waals surface area contributed by atoms with Gasteiger partial charge in [0.05, 0.1) is 55.4 Å². The topological polar surface area (TPSA) is 131 Å². The van der Waals surface area contributed by atoms with Crippen molar-refractivity contribution in [1.82, 2.24) is 4.57 Å². The number of methoxy groups -OCH3 is 1. The molecule has 0 saturated carbocycles. The molecule has 43 heavy (non-hydrogen) atoms. The highest BCUT2D eigenvalue weighted by molar-refractivity contribution is 7.07. The van der Waals surface area contributed by atoms with E-state index in [0.29, 0.717) is 63.6 Å². The van der Waals surface area contributed by atoms with Crippen LogP contribution in [0.15, 0.2) is 55.8 Å². The molecule has 3 aromatic rings. The smallest absolute Gasteiger partial charge is 0.343 e. The molecule has 0 N–H and O–H groups in total. The van der Waals surface area contributed by atoms with Crippen LogP contribution < -0.4 is 29.3 Å². The van der Waals surface area contributed by atoms with Gasteiger partial charge in [-0.15, -0.1) is 0 Å². The van der Waals surface area contributed by atoms with Gasteiger partial charge >= 0.3 is 11.9 Å². The normalized spacial score (nSPS) is 16.9. The van der Waals surface area contributed by atoms with Crippen LogP contribution in [-0.4, -0.2) is 69.7 Å². The van der Waals surface area contributed by atoms with Crippen LogP contribution in [0, 0.1) is 0 Å². The lowest BCUT2D eigenvalue weighted by Gasteiger charge is -2.26. The van der Waals surface area contributed by atoms with E-state index in [-0.39, 0.29) is 24.3 Å². The van der Waals surface area contributed by atoms with Gasteiger partial charge in [-0.1, -0.05) is 17.4 Å². The SMILES string of the molecule is CCOC(=O)C1=C(C)N=c2s/c(=C\c3ccc(N4CCOCC4)o3)c(=O)n2[C@@H]1c1ccc(OCC(=O)OC)c(OCC)c1. The monoisotopic (exact) mass is 611 g/mol. The number of carbonyl (C=O) groups is 2. The Morgan fingerprint density at radius 1 is 1.09 bits per heavy atom. The fraction of sp³-hybridized carbons (Fsp3) is 0.400. The van der Waals surface area contributed by atoms with Crippen molar-refractivity contribution in [3.05, 3.63) is 72.6 Å². The highest BCUT2D eigenvalue weighted by atomic mass is 32.1. The minimum atomic E-state index is -0.855. The summed E-state index contributed by atoms with van der Waals surface area (Å²) < 4.78 is 34.8. The predicted octanol–water partition coefficient (Wildman–Crippen LogP) is 2.18. The first-order chi connectivity index (χ1) is 20.8. The van der Waals surface area contributed by atoms with Gasteiger partial charge in [-0.3, -0.25) is 9.36 Å². The second-order valence-corrected chi connectivity index (χ2v) is 10.6. The lowest BCUT2D eigenvalue weighted by atomic mass is 9.95. The van der Waals surface area contributed by atoms with Gasteiger partial charge in [0, 0.05) is 25.2 Å². The third-order valence-corrected chi connectivity index (χ3v) is 7.87. The molecule has 2 aliphatic rings. The third kappa shape index (κ3) is 6.37. The number of ether oxygens (including phenoxy) is 5. The molecule has 1 fully saturated rings. The molecule has 12 nitrogen and oxygen atoms in total. The van der Waals surface area contributed by atoms with Crippen LogP contribution in [0.25, 0.3) is 6.08 Å². The van der Waals surface area contributed by atoms with E-state index >= 15 is 0 Å². The highest BCUT2D eigenvalue weighted by Crippen LogP contribution is 2.36. The molecule has 0 radical (unpaired) electrons. The quantitative estimate of drug-likeness (QED) is 0.315. The van der Waals surface area contributed by atoms with E-state index in [1.54, 1.807) is 38.1 Å². The number of carbonyl (C=O) groups excluding carboxylic acids is 2. The molecule has 0 unspecified atom stereocenters. The molecule has 2 aromatic heterocycles. The number of morpholine rings is 1. The molecule has 0 bridgehead atoms. The average molecular weight is 612 g/mol. The molecule has 1 atom stereocenters. The van der Waals surface area contributed by atoms with E-state index in [1.807, 2.05) is 19.1 Å². The van der Waals surface area contributed by atoms with E-state index in [0.717, 1.165) is 13.1 Å². The maximum Gasteiger partial charge on any atom is 0.343 e. The Morgan fingerprint density at radius 3 is 2.60 bits per heavy atom. The molecule has 228 valence electrons. The Kier molecular flexibility index (Phi) is 9.31. The number of fused-ring (bicyclic) bond motifs is 1. The van der Waals surface area contributed by atoms with E-state index in [1.165, 1.54) is 23.0 Å². The minimum absolute atomic E-state index is 0.154. The fourth-order valence-corrected chi connectivity index (χ4v) is 5.91. The van der Waals surface area contributed by atoms with Crippen LogP contribution in [0.4, 0.5) is 5.88 Å². The number of nitrogens with zero attached hydrogens (tertiary/aromatic N) is 3. The first-order valence-corrected chi connectivity index (χ1v) is 14.7. The largest absolute Gasteiger partial charge is 0.490 e. The molecule has 2 aliphatic heterocycles. The van der Waals surface area contributed by atoms with Crippen molar-refractivity contribution in [1.29, 1.82) is 0 Å². The maximum atomic E-state index is 14.0. The van der Waals surface area contributed by atoms with Crippen molar-refractivity contribution in [2.75, 3.05) is 58.1 Å². The Hall–Kier alpha value is -4.36. The summed E-state index contributed by atoms with van der Waals surface area (Å²) in [7, 11) is 1.27. The Labute approximate surface area is 251 Å². The second kappa shape index (κ2) is 13.3. The molecular formula is C30H33N3O9S. The number of aromatic nitrogens is 1. The highest BCUT2D eigenvalue weighted by Gasteiger charge is 2.34. The van der Waals surface area contributed by atoms with Crippen LogP contribution in [0.5, 0.6) is 11.5 Å². The summed E-state index contributed by atoms with van der Waals surface area (Å²) in [5.41, 5.74) is 0.912. The molecule has 13 heteroatoms. The third-order valence-electron chi connectivity index (χ3n) is 6.88. The van der Waals surface area contributed by atoms with Crippen LogP contribution in [-0.2, 0) is 23.8 Å². The zero-order valence-electron chi connectivity index (χ0n) is 24.4. The molecule has 1 aromatic carbocycles. The summed E-state index contributed by atoms with van der Waals surface area (Å²) >= 11 is 1.20. The lowest BCUT2D eigenvalue weighted by molar-refractivity contribution is -0.143. The van der Waals surface area contributed by atoms with Crippen LogP contribution in [0.1, 0.15) is 38.1 Å². The number of hydrogen-bond acceptors (Lipinski definition) is 12. The van der Waals surface area contributed by atoms with Gasteiger partial charge in [0.2, 0.25) is 0 Å². The van der Waals surface area contributed by atoms with Crippen molar-refractivity contribution < 1.29 is 37.7 Å². The molecule has 5 rings (SSSR count). The van der Waals surface area contributed by atoms with Crippen molar-refractivity contribution in [2.45, 2.75) is 26.8 Å². The number of benzene rings is 1. The van der Waals surface area contributed by atoms with Crippen molar-refractivity contribution in [3.8, 4) is 11.5 Å². The van der Waals surface area contributed by atoms with Crippen molar-refractivity contribution >= 4 is 35.2 Å². The summed E-state index contributed by atoms with van der Waals surface area (Å²) in [6.45, 7) is 8.11. The zero-order valence-corrected chi connectivity index (χ0v) is 25.2. The molecule has 0 amide bonds.